The Morgan fingerprint density at radius 1 is 1.16 bits per heavy atom. The molecule has 6 nitrogen and oxygen atoms in total. The Bertz CT molecular complexity index is 740. The molecule has 2 aromatic rings. The van der Waals surface area contributed by atoms with Crippen molar-refractivity contribution in [2.45, 2.75) is 6.54 Å². The summed E-state index contributed by atoms with van der Waals surface area (Å²) < 4.78 is 14.3. The zero-order valence-corrected chi connectivity index (χ0v) is 15.2. The van der Waals surface area contributed by atoms with Crippen LogP contribution in [0.2, 0.25) is 0 Å². The smallest absolute Gasteiger partial charge is 0.239 e. The van der Waals surface area contributed by atoms with Crippen LogP contribution in [-0.2, 0) is 16.1 Å². The number of likely N-dealkylation sites (N-methyl/N-ethyl adjacent to an activating group) is 1. The van der Waals surface area contributed by atoms with Crippen molar-refractivity contribution in [1.29, 1.82) is 0 Å². The summed E-state index contributed by atoms with van der Waals surface area (Å²) in [5, 5.41) is 5.27. The maximum atomic E-state index is 13.5. The minimum atomic E-state index is -0.363. The lowest BCUT2D eigenvalue weighted by atomic mass is 10.2. The molecule has 0 atom stereocenters. The highest BCUT2D eigenvalue weighted by molar-refractivity contribution is 9.10. The molecule has 0 saturated carbocycles. The number of carbonyl (C=O) groups is 2. The number of halogens is 2. The summed E-state index contributed by atoms with van der Waals surface area (Å²) in [7, 11) is 1.65. The number of pyridine rings is 1. The van der Waals surface area contributed by atoms with Crippen LogP contribution in [0.15, 0.2) is 47.1 Å². The zero-order valence-electron chi connectivity index (χ0n) is 13.6. The van der Waals surface area contributed by atoms with Gasteiger partial charge in [0, 0.05) is 22.8 Å². The first-order chi connectivity index (χ1) is 11.9. The van der Waals surface area contributed by atoms with E-state index >= 15 is 0 Å². The van der Waals surface area contributed by atoms with E-state index in [9.17, 15) is 14.0 Å². The molecule has 0 unspecified atom stereocenters. The predicted octanol–water partition coefficient (Wildman–Crippen LogP) is 2.17. The third kappa shape index (κ3) is 6.60. The highest BCUT2D eigenvalue weighted by Gasteiger charge is 2.12. The SMILES string of the molecule is CN(CC(=O)NCc1ccccc1F)CC(=O)Nc1ccc(Br)cn1. The minimum Gasteiger partial charge on any atom is -0.351 e. The molecule has 0 saturated heterocycles. The van der Waals surface area contributed by atoms with E-state index in [0.717, 1.165) is 4.47 Å². The average molecular weight is 409 g/mol. The van der Waals surface area contributed by atoms with Gasteiger partial charge in [-0.1, -0.05) is 18.2 Å². The lowest BCUT2D eigenvalue weighted by Gasteiger charge is -2.16. The number of carbonyl (C=O) groups excluding carboxylic acids is 2. The van der Waals surface area contributed by atoms with Gasteiger partial charge in [0.1, 0.15) is 11.6 Å². The molecule has 2 N–H and O–H groups in total. The highest BCUT2D eigenvalue weighted by Crippen LogP contribution is 2.10. The second-order valence-electron chi connectivity index (χ2n) is 5.45. The van der Waals surface area contributed by atoms with Crippen LogP contribution in [0.1, 0.15) is 5.56 Å². The van der Waals surface area contributed by atoms with Crippen molar-refractivity contribution in [1.82, 2.24) is 15.2 Å². The summed E-state index contributed by atoms with van der Waals surface area (Å²) in [4.78, 5) is 29.4. The van der Waals surface area contributed by atoms with Crippen molar-refractivity contribution in [2.24, 2.45) is 0 Å². The molecule has 0 aliphatic heterocycles. The summed E-state index contributed by atoms with van der Waals surface area (Å²) in [5.74, 6) is -0.498. The van der Waals surface area contributed by atoms with E-state index in [1.807, 2.05) is 0 Å². The van der Waals surface area contributed by atoms with Gasteiger partial charge in [-0.15, -0.1) is 0 Å². The number of rotatable bonds is 7. The van der Waals surface area contributed by atoms with Gasteiger partial charge in [-0.3, -0.25) is 14.5 Å². The van der Waals surface area contributed by atoms with Crippen molar-refractivity contribution < 1.29 is 14.0 Å². The van der Waals surface area contributed by atoms with E-state index in [0.29, 0.717) is 11.4 Å². The third-order valence-corrected chi connectivity index (χ3v) is 3.72. The molecule has 1 aromatic carbocycles. The molecule has 0 fully saturated rings. The maximum Gasteiger partial charge on any atom is 0.239 e. The van der Waals surface area contributed by atoms with Gasteiger partial charge in [-0.05, 0) is 41.2 Å². The van der Waals surface area contributed by atoms with Crippen molar-refractivity contribution in [3.05, 3.63) is 58.4 Å². The minimum absolute atomic E-state index is 0.0235. The number of hydrogen-bond donors (Lipinski definition) is 2. The lowest BCUT2D eigenvalue weighted by Crippen LogP contribution is -2.38. The van der Waals surface area contributed by atoms with Crippen LogP contribution in [0.3, 0.4) is 0 Å². The fourth-order valence-corrected chi connectivity index (χ4v) is 2.30. The van der Waals surface area contributed by atoms with Crippen LogP contribution >= 0.6 is 15.9 Å². The third-order valence-electron chi connectivity index (χ3n) is 3.26. The Kier molecular flexibility index (Phi) is 7.03. The second-order valence-corrected chi connectivity index (χ2v) is 6.37. The van der Waals surface area contributed by atoms with Crippen LogP contribution in [0.5, 0.6) is 0 Å². The van der Waals surface area contributed by atoms with E-state index in [2.05, 4.69) is 31.5 Å². The molecule has 2 rings (SSSR count). The predicted molar refractivity (Wildman–Crippen MR) is 96.3 cm³/mol. The standard InChI is InChI=1S/C17H18BrFN4O2/c1-23(11-17(25)22-15-7-6-13(18)9-20-15)10-16(24)21-8-12-4-2-3-5-14(12)19/h2-7,9H,8,10-11H2,1H3,(H,21,24)(H,20,22,25). The van der Waals surface area contributed by atoms with Gasteiger partial charge in [0.15, 0.2) is 0 Å². The number of nitrogens with zero attached hydrogens (tertiary/aromatic N) is 2. The fraction of sp³-hybridized carbons (Fsp3) is 0.235. The molecule has 0 aliphatic rings. The summed E-state index contributed by atoms with van der Waals surface area (Å²) in [6.45, 7) is 0.162. The van der Waals surface area contributed by atoms with E-state index in [1.54, 1.807) is 48.5 Å². The van der Waals surface area contributed by atoms with Crippen molar-refractivity contribution >= 4 is 33.6 Å². The van der Waals surface area contributed by atoms with E-state index < -0.39 is 0 Å². The van der Waals surface area contributed by atoms with Crippen LogP contribution in [0, 0.1) is 5.82 Å². The average Bonchev–Trinajstić information content (AvgIpc) is 2.56. The first-order valence-electron chi connectivity index (χ1n) is 7.54. The summed E-state index contributed by atoms with van der Waals surface area (Å²) >= 11 is 3.26. The summed E-state index contributed by atoms with van der Waals surface area (Å²) in [5.41, 5.74) is 0.414. The lowest BCUT2D eigenvalue weighted by molar-refractivity contribution is -0.123. The molecule has 25 heavy (non-hydrogen) atoms. The number of amides is 2. The van der Waals surface area contributed by atoms with Crippen molar-refractivity contribution in [3.8, 4) is 0 Å². The topological polar surface area (TPSA) is 74.3 Å². The Morgan fingerprint density at radius 2 is 1.88 bits per heavy atom. The van der Waals surface area contributed by atoms with Crippen LogP contribution in [0.25, 0.3) is 0 Å². The van der Waals surface area contributed by atoms with Gasteiger partial charge >= 0.3 is 0 Å². The van der Waals surface area contributed by atoms with E-state index in [-0.39, 0.29) is 37.3 Å². The molecular formula is C17H18BrFN4O2. The largest absolute Gasteiger partial charge is 0.351 e. The summed E-state index contributed by atoms with van der Waals surface area (Å²) in [6.07, 6.45) is 1.58. The molecule has 1 heterocycles. The van der Waals surface area contributed by atoms with Gasteiger partial charge in [0.25, 0.3) is 0 Å². The van der Waals surface area contributed by atoms with Crippen LogP contribution in [-0.4, -0.2) is 41.8 Å². The molecule has 0 bridgehead atoms. The highest BCUT2D eigenvalue weighted by atomic mass is 79.9. The number of anilines is 1. The molecule has 1 aromatic heterocycles. The van der Waals surface area contributed by atoms with Gasteiger partial charge in [-0.25, -0.2) is 9.37 Å². The monoisotopic (exact) mass is 408 g/mol. The van der Waals surface area contributed by atoms with Crippen molar-refractivity contribution in [2.75, 3.05) is 25.5 Å². The Labute approximate surface area is 153 Å². The summed E-state index contributed by atoms with van der Waals surface area (Å²) in [6, 6.07) is 9.68. The first kappa shape index (κ1) is 19.0. The number of aromatic nitrogens is 1. The van der Waals surface area contributed by atoms with Gasteiger partial charge in [-0.2, -0.15) is 0 Å². The molecule has 0 aliphatic carbocycles. The Morgan fingerprint density at radius 3 is 2.56 bits per heavy atom. The molecular weight excluding hydrogens is 391 g/mol. The second kappa shape index (κ2) is 9.24. The molecule has 132 valence electrons. The Balaban J connectivity index is 1.74. The number of nitrogens with one attached hydrogen (secondary N) is 2. The van der Waals surface area contributed by atoms with Gasteiger partial charge in [0.05, 0.1) is 13.1 Å². The van der Waals surface area contributed by atoms with Gasteiger partial charge < -0.3 is 10.6 Å². The van der Waals surface area contributed by atoms with Crippen LogP contribution in [0.4, 0.5) is 10.2 Å². The van der Waals surface area contributed by atoms with Gasteiger partial charge in [0.2, 0.25) is 11.8 Å². The first-order valence-corrected chi connectivity index (χ1v) is 8.33. The van der Waals surface area contributed by atoms with E-state index in [4.69, 9.17) is 0 Å². The van der Waals surface area contributed by atoms with E-state index in [1.165, 1.54) is 6.07 Å². The number of benzene rings is 1. The zero-order chi connectivity index (χ0) is 18.2. The molecule has 0 spiro atoms. The molecule has 0 radical (unpaired) electrons. The molecule has 2 amide bonds. The normalized spacial score (nSPS) is 10.6. The molecule has 8 heteroatoms. The fourth-order valence-electron chi connectivity index (χ4n) is 2.07. The maximum absolute atomic E-state index is 13.5. The Hall–Kier alpha value is -2.32. The number of hydrogen-bond acceptors (Lipinski definition) is 4. The van der Waals surface area contributed by atoms with Crippen LogP contribution < -0.4 is 10.6 Å². The van der Waals surface area contributed by atoms with Crippen molar-refractivity contribution in [3.63, 3.8) is 0 Å². The quantitative estimate of drug-likeness (QED) is 0.735.